The van der Waals surface area contributed by atoms with Crippen molar-refractivity contribution in [2.75, 3.05) is 23.7 Å². The number of nitrogens with zero attached hydrogens (tertiary/aromatic N) is 3. The lowest BCUT2D eigenvalue weighted by Crippen LogP contribution is -2.22. The topological polar surface area (TPSA) is 84.1 Å². The number of aryl methyl sites for hydroxylation is 1. The number of nitrogens with one attached hydrogen (secondary N) is 1. The lowest BCUT2D eigenvalue weighted by Gasteiger charge is -2.11. The molecule has 0 aliphatic carbocycles. The monoisotopic (exact) mass is 323 g/mol. The van der Waals surface area contributed by atoms with E-state index >= 15 is 0 Å². The van der Waals surface area contributed by atoms with Crippen molar-refractivity contribution < 1.29 is 4.79 Å². The number of nitrogens with two attached hydrogens (primary N) is 1. The van der Waals surface area contributed by atoms with E-state index in [4.69, 9.17) is 5.73 Å². The number of rotatable bonds is 4. The van der Waals surface area contributed by atoms with Crippen LogP contribution in [-0.2, 0) is 6.54 Å². The van der Waals surface area contributed by atoms with Crippen LogP contribution in [0.4, 0.5) is 10.9 Å². The number of aromatic nitrogens is 2. The number of nitrogen functional groups attached to an aromatic ring is 1. The standard InChI is InChI=1S/C13H17N5OS2/c1-8-9(20-7-16-8)6-15-12(19)10-11(14)17-13(21-10)18-4-2-3-5-18/h7H,2-6,14H2,1H3,(H,15,19). The highest BCUT2D eigenvalue weighted by Crippen LogP contribution is 2.30. The zero-order valence-electron chi connectivity index (χ0n) is 11.8. The zero-order valence-corrected chi connectivity index (χ0v) is 13.4. The number of hydrogen-bond acceptors (Lipinski definition) is 7. The van der Waals surface area contributed by atoms with E-state index in [1.807, 2.05) is 6.92 Å². The summed E-state index contributed by atoms with van der Waals surface area (Å²) in [4.78, 5) is 24.5. The van der Waals surface area contributed by atoms with Gasteiger partial charge in [0.25, 0.3) is 5.91 Å². The van der Waals surface area contributed by atoms with E-state index in [1.165, 1.54) is 35.5 Å². The largest absolute Gasteiger partial charge is 0.382 e. The van der Waals surface area contributed by atoms with Gasteiger partial charge in [-0.3, -0.25) is 4.79 Å². The molecular weight excluding hydrogens is 306 g/mol. The molecule has 0 saturated carbocycles. The number of carbonyl (C=O) groups excluding carboxylic acids is 1. The number of anilines is 2. The maximum absolute atomic E-state index is 12.2. The minimum atomic E-state index is -0.164. The van der Waals surface area contributed by atoms with Gasteiger partial charge < -0.3 is 16.0 Å². The summed E-state index contributed by atoms with van der Waals surface area (Å²) in [7, 11) is 0. The quantitative estimate of drug-likeness (QED) is 0.899. The maximum atomic E-state index is 12.2. The van der Waals surface area contributed by atoms with Crippen LogP contribution in [-0.4, -0.2) is 29.0 Å². The zero-order chi connectivity index (χ0) is 14.8. The first-order valence-corrected chi connectivity index (χ1v) is 8.53. The van der Waals surface area contributed by atoms with E-state index in [0.29, 0.717) is 17.2 Å². The minimum absolute atomic E-state index is 0.164. The molecule has 3 heterocycles. The highest BCUT2D eigenvalue weighted by atomic mass is 32.1. The van der Waals surface area contributed by atoms with Gasteiger partial charge in [0, 0.05) is 18.0 Å². The summed E-state index contributed by atoms with van der Waals surface area (Å²) in [5.41, 5.74) is 8.63. The summed E-state index contributed by atoms with van der Waals surface area (Å²) >= 11 is 2.91. The first kappa shape index (κ1) is 14.3. The smallest absolute Gasteiger partial charge is 0.265 e. The lowest BCUT2D eigenvalue weighted by atomic mass is 10.4. The molecule has 3 rings (SSSR count). The van der Waals surface area contributed by atoms with Crippen LogP contribution in [0, 0.1) is 6.92 Å². The molecule has 1 aliphatic rings. The second-order valence-corrected chi connectivity index (χ2v) is 6.87. The second-order valence-electron chi connectivity index (χ2n) is 4.95. The molecular formula is C13H17N5OS2. The third-order valence-electron chi connectivity index (χ3n) is 3.48. The van der Waals surface area contributed by atoms with Crippen molar-refractivity contribution in [2.24, 2.45) is 0 Å². The van der Waals surface area contributed by atoms with Gasteiger partial charge in [-0.2, -0.15) is 0 Å². The van der Waals surface area contributed by atoms with Crippen LogP contribution >= 0.6 is 22.7 Å². The Balaban J connectivity index is 1.68. The van der Waals surface area contributed by atoms with Crippen LogP contribution < -0.4 is 16.0 Å². The van der Waals surface area contributed by atoms with Gasteiger partial charge in [-0.05, 0) is 19.8 Å². The van der Waals surface area contributed by atoms with Crippen molar-refractivity contribution in [1.82, 2.24) is 15.3 Å². The molecule has 2 aromatic heterocycles. The van der Waals surface area contributed by atoms with Gasteiger partial charge in [-0.25, -0.2) is 9.97 Å². The molecule has 21 heavy (non-hydrogen) atoms. The Morgan fingerprint density at radius 1 is 1.48 bits per heavy atom. The van der Waals surface area contributed by atoms with Crippen molar-refractivity contribution in [3.63, 3.8) is 0 Å². The van der Waals surface area contributed by atoms with E-state index in [9.17, 15) is 4.79 Å². The van der Waals surface area contributed by atoms with Gasteiger partial charge >= 0.3 is 0 Å². The Kier molecular flexibility index (Phi) is 4.07. The molecule has 0 aromatic carbocycles. The Labute approximate surface area is 131 Å². The molecule has 8 heteroatoms. The molecule has 2 aromatic rings. The molecule has 1 amide bonds. The molecule has 0 atom stereocenters. The molecule has 112 valence electrons. The van der Waals surface area contributed by atoms with Crippen LogP contribution in [0.15, 0.2) is 5.51 Å². The van der Waals surface area contributed by atoms with Crippen molar-refractivity contribution in [3.8, 4) is 0 Å². The minimum Gasteiger partial charge on any atom is -0.382 e. The van der Waals surface area contributed by atoms with Crippen molar-refractivity contribution in [1.29, 1.82) is 0 Å². The molecule has 6 nitrogen and oxygen atoms in total. The highest BCUT2D eigenvalue weighted by Gasteiger charge is 2.21. The summed E-state index contributed by atoms with van der Waals surface area (Å²) in [5, 5.41) is 3.74. The van der Waals surface area contributed by atoms with Crippen LogP contribution in [0.5, 0.6) is 0 Å². The summed E-state index contributed by atoms with van der Waals surface area (Å²) < 4.78 is 0. The van der Waals surface area contributed by atoms with Gasteiger partial charge in [0.05, 0.1) is 17.7 Å². The number of thiazole rings is 2. The van der Waals surface area contributed by atoms with E-state index < -0.39 is 0 Å². The third-order valence-corrected chi connectivity index (χ3v) is 5.55. The van der Waals surface area contributed by atoms with Gasteiger partial charge in [0.2, 0.25) is 0 Å². The normalized spacial score (nSPS) is 14.6. The number of hydrogen-bond donors (Lipinski definition) is 2. The number of carbonyl (C=O) groups is 1. The summed E-state index contributed by atoms with van der Waals surface area (Å²) in [6, 6.07) is 0. The molecule has 1 saturated heterocycles. The molecule has 3 N–H and O–H groups in total. The second kappa shape index (κ2) is 5.98. The molecule has 0 spiro atoms. The van der Waals surface area contributed by atoms with Crippen LogP contribution in [0.1, 0.15) is 33.1 Å². The van der Waals surface area contributed by atoms with Gasteiger partial charge in [0.1, 0.15) is 10.7 Å². The average Bonchev–Trinajstić information content (AvgIpc) is 3.16. The summed E-state index contributed by atoms with van der Waals surface area (Å²) in [6.07, 6.45) is 2.34. The predicted molar refractivity (Wildman–Crippen MR) is 86.0 cm³/mol. The van der Waals surface area contributed by atoms with Crippen LogP contribution in [0.3, 0.4) is 0 Å². The SMILES string of the molecule is Cc1ncsc1CNC(=O)c1sc(N2CCCC2)nc1N. The number of amides is 1. The van der Waals surface area contributed by atoms with Crippen LogP contribution in [0.25, 0.3) is 0 Å². The molecule has 0 bridgehead atoms. The van der Waals surface area contributed by atoms with Crippen molar-refractivity contribution in [3.05, 3.63) is 21.0 Å². The fourth-order valence-electron chi connectivity index (χ4n) is 2.26. The average molecular weight is 323 g/mol. The first-order valence-electron chi connectivity index (χ1n) is 6.83. The van der Waals surface area contributed by atoms with Gasteiger partial charge in [-0.1, -0.05) is 11.3 Å². The fourth-order valence-corrected chi connectivity index (χ4v) is 3.93. The Morgan fingerprint density at radius 2 is 2.24 bits per heavy atom. The van der Waals surface area contributed by atoms with Crippen LogP contribution in [0.2, 0.25) is 0 Å². The van der Waals surface area contributed by atoms with E-state index in [1.54, 1.807) is 5.51 Å². The first-order chi connectivity index (χ1) is 10.1. The molecule has 1 aliphatic heterocycles. The summed E-state index contributed by atoms with van der Waals surface area (Å²) in [5.74, 6) is 0.156. The Bertz CT molecular complexity index is 645. The van der Waals surface area contributed by atoms with E-state index in [-0.39, 0.29) is 5.91 Å². The summed E-state index contributed by atoms with van der Waals surface area (Å²) in [6.45, 7) is 4.40. The van der Waals surface area contributed by atoms with Gasteiger partial charge in [-0.15, -0.1) is 11.3 Å². The molecule has 1 fully saturated rings. The molecule has 0 radical (unpaired) electrons. The third kappa shape index (κ3) is 3.01. The Morgan fingerprint density at radius 3 is 2.90 bits per heavy atom. The van der Waals surface area contributed by atoms with Crippen molar-refractivity contribution >= 4 is 39.5 Å². The molecule has 0 unspecified atom stereocenters. The predicted octanol–water partition coefficient (Wildman–Crippen LogP) is 2.02. The van der Waals surface area contributed by atoms with E-state index in [0.717, 1.165) is 28.8 Å². The van der Waals surface area contributed by atoms with Gasteiger partial charge in [0.15, 0.2) is 5.13 Å². The maximum Gasteiger partial charge on any atom is 0.265 e. The highest BCUT2D eigenvalue weighted by molar-refractivity contribution is 7.18. The fraction of sp³-hybridized carbons (Fsp3) is 0.462. The van der Waals surface area contributed by atoms with E-state index in [2.05, 4.69) is 20.2 Å². The lowest BCUT2D eigenvalue weighted by molar-refractivity contribution is 0.0956. The Hall–Kier alpha value is -1.67. The van der Waals surface area contributed by atoms with Crippen molar-refractivity contribution in [2.45, 2.75) is 26.3 Å².